The molecule has 178 valence electrons. The van der Waals surface area contributed by atoms with Crippen molar-refractivity contribution < 1.29 is 14.0 Å². The first-order valence-corrected chi connectivity index (χ1v) is 11.8. The van der Waals surface area contributed by atoms with Crippen LogP contribution in [0.2, 0.25) is 10.0 Å². The van der Waals surface area contributed by atoms with E-state index in [0.717, 1.165) is 11.1 Å². The maximum absolute atomic E-state index is 13.6. The van der Waals surface area contributed by atoms with Gasteiger partial charge in [-0.3, -0.25) is 9.59 Å². The summed E-state index contributed by atoms with van der Waals surface area (Å²) in [7, 11) is 0. The molecule has 0 unspecified atom stereocenters. The van der Waals surface area contributed by atoms with Crippen molar-refractivity contribution in [2.45, 2.75) is 45.3 Å². The van der Waals surface area contributed by atoms with Gasteiger partial charge in [-0.05, 0) is 54.8 Å². The Morgan fingerprint density at radius 1 is 0.882 bits per heavy atom. The fourth-order valence-electron chi connectivity index (χ4n) is 3.65. The predicted octanol–water partition coefficient (Wildman–Crippen LogP) is 5.84. The lowest BCUT2D eigenvalue weighted by molar-refractivity contribution is -0.141. The van der Waals surface area contributed by atoms with Gasteiger partial charge < -0.3 is 10.2 Å². The maximum Gasteiger partial charge on any atom is 0.243 e. The van der Waals surface area contributed by atoms with Crippen molar-refractivity contribution in [3.05, 3.63) is 105 Å². The molecule has 0 radical (unpaired) electrons. The number of carbonyl (C=O) groups excluding carboxylic acids is 2. The van der Waals surface area contributed by atoms with Crippen LogP contribution in [0.4, 0.5) is 4.39 Å². The highest BCUT2D eigenvalue weighted by molar-refractivity contribution is 6.42. The van der Waals surface area contributed by atoms with E-state index in [0.29, 0.717) is 22.0 Å². The number of hydrogen-bond donors (Lipinski definition) is 1. The van der Waals surface area contributed by atoms with E-state index in [1.54, 1.807) is 35.2 Å². The number of amides is 2. The Morgan fingerprint density at radius 2 is 1.53 bits per heavy atom. The van der Waals surface area contributed by atoms with Crippen molar-refractivity contribution in [1.29, 1.82) is 0 Å². The van der Waals surface area contributed by atoms with Crippen LogP contribution in [0, 0.1) is 5.82 Å². The lowest BCUT2D eigenvalue weighted by atomic mass is 10.0. The van der Waals surface area contributed by atoms with Gasteiger partial charge in [0, 0.05) is 19.0 Å². The van der Waals surface area contributed by atoms with Gasteiger partial charge in [0.2, 0.25) is 11.8 Å². The van der Waals surface area contributed by atoms with Gasteiger partial charge in [-0.2, -0.15) is 0 Å². The van der Waals surface area contributed by atoms with Crippen molar-refractivity contribution in [3.8, 4) is 0 Å². The molecule has 2 amide bonds. The molecule has 0 saturated carbocycles. The molecule has 0 bridgehead atoms. The topological polar surface area (TPSA) is 49.4 Å². The quantitative estimate of drug-likeness (QED) is 0.401. The van der Waals surface area contributed by atoms with Crippen molar-refractivity contribution >= 4 is 35.0 Å². The molecular formula is C27H27Cl2FN2O2. The average Bonchev–Trinajstić information content (AvgIpc) is 2.80. The van der Waals surface area contributed by atoms with Crippen LogP contribution in [-0.4, -0.2) is 28.8 Å². The molecule has 0 aliphatic carbocycles. The summed E-state index contributed by atoms with van der Waals surface area (Å²) in [4.78, 5) is 28.4. The van der Waals surface area contributed by atoms with E-state index in [1.165, 1.54) is 12.1 Å². The number of carbonyl (C=O) groups is 2. The fraction of sp³-hybridized carbons (Fsp3) is 0.259. The Kier molecular flexibility index (Phi) is 9.08. The molecule has 3 aromatic rings. The molecule has 0 heterocycles. The molecule has 3 rings (SSSR count). The Hall–Kier alpha value is -2.89. The zero-order chi connectivity index (χ0) is 24.7. The number of hydrogen-bond acceptors (Lipinski definition) is 2. The lowest BCUT2D eigenvalue weighted by Gasteiger charge is -2.32. The summed E-state index contributed by atoms with van der Waals surface area (Å²) in [5, 5.41) is 3.70. The average molecular weight is 501 g/mol. The third-order valence-electron chi connectivity index (χ3n) is 5.31. The number of rotatable bonds is 9. The fourth-order valence-corrected chi connectivity index (χ4v) is 3.97. The second-order valence-electron chi connectivity index (χ2n) is 8.44. The SMILES string of the molecule is CC(C)NC(=O)[C@@H](Cc1ccccc1)N(Cc1ccc(F)cc1)C(=O)Cc1ccc(Cl)c(Cl)c1. The summed E-state index contributed by atoms with van der Waals surface area (Å²) in [5.41, 5.74) is 2.34. The summed E-state index contributed by atoms with van der Waals surface area (Å²) >= 11 is 12.2. The summed E-state index contributed by atoms with van der Waals surface area (Å²) in [6.45, 7) is 3.90. The highest BCUT2D eigenvalue weighted by Crippen LogP contribution is 2.24. The molecule has 0 fully saturated rings. The van der Waals surface area contributed by atoms with Gasteiger partial charge in [0.1, 0.15) is 11.9 Å². The predicted molar refractivity (Wildman–Crippen MR) is 134 cm³/mol. The highest BCUT2D eigenvalue weighted by atomic mass is 35.5. The standard InChI is InChI=1S/C27H27Cl2FN2O2/c1-18(2)31-27(34)25(15-19-6-4-3-5-7-19)32(17-20-8-11-22(30)12-9-20)26(33)16-21-10-13-23(28)24(29)14-21/h3-14,18,25H,15-17H2,1-2H3,(H,31,34)/t25-/m1/s1. The number of halogens is 3. The first kappa shape index (κ1) is 25.7. The minimum atomic E-state index is -0.759. The van der Waals surface area contributed by atoms with Gasteiger partial charge in [-0.25, -0.2) is 4.39 Å². The van der Waals surface area contributed by atoms with Crippen LogP contribution in [0.1, 0.15) is 30.5 Å². The molecule has 4 nitrogen and oxygen atoms in total. The third kappa shape index (κ3) is 7.31. The monoisotopic (exact) mass is 500 g/mol. The highest BCUT2D eigenvalue weighted by Gasteiger charge is 2.30. The van der Waals surface area contributed by atoms with Crippen LogP contribution in [0.15, 0.2) is 72.8 Å². The van der Waals surface area contributed by atoms with Crippen LogP contribution < -0.4 is 5.32 Å². The minimum absolute atomic E-state index is 0.0400. The van der Waals surface area contributed by atoms with E-state index in [9.17, 15) is 14.0 Å². The molecule has 0 aromatic heterocycles. The van der Waals surface area contributed by atoms with Gasteiger partial charge in [0.05, 0.1) is 16.5 Å². The van der Waals surface area contributed by atoms with Crippen LogP contribution in [-0.2, 0) is 29.0 Å². The second-order valence-corrected chi connectivity index (χ2v) is 9.26. The molecule has 0 spiro atoms. The maximum atomic E-state index is 13.6. The van der Waals surface area contributed by atoms with E-state index in [2.05, 4.69) is 5.32 Å². The Bertz CT molecular complexity index is 1120. The van der Waals surface area contributed by atoms with E-state index >= 15 is 0 Å². The first-order chi connectivity index (χ1) is 16.2. The molecule has 1 N–H and O–H groups in total. The van der Waals surface area contributed by atoms with Crippen molar-refractivity contribution in [2.24, 2.45) is 0 Å². The van der Waals surface area contributed by atoms with E-state index in [-0.39, 0.29) is 36.6 Å². The van der Waals surface area contributed by atoms with Gasteiger partial charge in [-0.1, -0.05) is 71.7 Å². The largest absolute Gasteiger partial charge is 0.352 e. The summed E-state index contributed by atoms with van der Waals surface area (Å²) in [6, 6.07) is 19.7. The summed E-state index contributed by atoms with van der Waals surface area (Å²) in [5.74, 6) is -0.859. The summed E-state index contributed by atoms with van der Waals surface area (Å²) < 4.78 is 13.5. The third-order valence-corrected chi connectivity index (χ3v) is 6.05. The first-order valence-electron chi connectivity index (χ1n) is 11.0. The summed E-state index contributed by atoms with van der Waals surface area (Å²) in [6.07, 6.45) is 0.381. The number of nitrogens with one attached hydrogen (secondary N) is 1. The molecule has 0 aliphatic heterocycles. The molecule has 7 heteroatoms. The van der Waals surface area contributed by atoms with Crippen molar-refractivity contribution in [1.82, 2.24) is 10.2 Å². The van der Waals surface area contributed by atoms with Crippen LogP contribution >= 0.6 is 23.2 Å². The number of benzene rings is 3. The normalized spacial score (nSPS) is 11.8. The molecule has 1 atom stereocenters. The van der Waals surface area contributed by atoms with Crippen LogP contribution in [0.3, 0.4) is 0 Å². The Morgan fingerprint density at radius 3 is 2.15 bits per heavy atom. The van der Waals surface area contributed by atoms with Crippen molar-refractivity contribution in [3.63, 3.8) is 0 Å². The van der Waals surface area contributed by atoms with Crippen LogP contribution in [0.25, 0.3) is 0 Å². The smallest absolute Gasteiger partial charge is 0.243 e. The van der Waals surface area contributed by atoms with Gasteiger partial charge in [-0.15, -0.1) is 0 Å². The van der Waals surface area contributed by atoms with Gasteiger partial charge in [0.25, 0.3) is 0 Å². The minimum Gasteiger partial charge on any atom is -0.352 e. The number of nitrogens with zero attached hydrogens (tertiary/aromatic N) is 1. The molecule has 0 saturated heterocycles. The van der Waals surface area contributed by atoms with Crippen molar-refractivity contribution in [2.75, 3.05) is 0 Å². The Balaban J connectivity index is 1.97. The lowest BCUT2D eigenvalue weighted by Crippen LogP contribution is -2.52. The zero-order valence-electron chi connectivity index (χ0n) is 19.1. The van der Waals surface area contributed by atoms with E-state index in [1.807, 2.05) is 44.2 Å². The van der Waals surface area contributed by atoms with Gasteiger partial charge in [0.15, 0.2) is 0 Å². The molecular weight excluding hydrogens is 474 g/mol. The van der Waals surface area contributed by atoms with Crippen LogP contribution in [0.5, 0.6) is 0 Å². The molecule has 3 aromatic carbocycles. The Labute approximate surface area is 209 Å². The molecule has 34 heavy (non-hydrogen) atoms. The van der Waals surface area contributed by atoms with E-state index in [4.69, 9.17) is 23.2 Å². The van der Waals surface area contributed by atoms with Gasteiger partial charge >= 0.3 is 0 Å². The zero-order valence-corrected chi connectivity index (χ0v) is 20.6. The second kappa shape index (κ2) is 12.0. The van der Waals surface area contributed by atoms with E-state index < -0.39 is 6.04 Å². The molecule has 0 aliphatic rings.